The number of likely N-dealkylation sites (tertiary alicyclic amines) is 1. The van der Waals surface area contributed by atoms with E-state index >= 15 is 0 Å². The van der Waals surface area contributed by atoms with Gasteiger partial charge >= 0.3 is 0 Å². The number of amides is 3. The molecule has 44 heavy (non-hydrogen) atoms. The maximum absolute atomic E-state index is 14.3. The first-order valence-corrected chi connectivity index (χ1v) is 16.3. The van der Waals surface area contributed by atoms with Crippen LogP contribution in [0.3, 0.4) is 0 Å². The molecule has 4 aliphatic rings. The number of nitrogens with one attached hydrogen (secondary N) is 2. The highest BCUT2D eigenvalue weighted by Gasteiger charge is 2.72. The van der Waals surface area contributed by atoms with Crippen molar-refractivity contribution >= 4 is 23.4 Å². The van der Waals surface area contributed by atoms with Gasteiger partial charge in [0.05, 0.1) is 17.9 Å². The molecule has 8 atom stereocenters. The first kappa shape index (κ1) is 30.5. The third-order valence-corrected chi connectivity index (χ3v) is 10.5. The number of anilines is 1. The van der Waals surface area contributed by atoms with Gasteiger partial charge in [-0.2, -0.15) is 0 Å². The lowest BCUT2D eigenvalue weighted by molar-refractivity contribution is -0.141. The minimum atomic E-state index is -1.15. The lowest BCUT2D eigenvalue weighted by atomic mass is 9.73. The van der Waals surface area contributed by atoms with Crippen LogP contribution in [-0.4, -0.2) is 71.4 Å². The zero-order chi connectivity index (χ0) is 31.0. The molecule has 0 aromatic heterocycles. The van der Waals surface area contributed by atoms with Gasteiger partial charge in [0, 0.05) is 24.8 Å². The number of fused-ring (bicyclic) bond motifs is 1. The van der Waals surface area contributed by atoms with Crippen LogP contribution in [0.5, 0.6) is 0 Å². The van der Waals surface area contributed by atoms with E-state index in [9.17, 15) is 14.4 Å². The first-order chi connectivity index (χ1) is 21.2. The molecule has 3 amide bonds. The van der Waals surface area contributed by atoms with Gasteiger partial charge in [-0.1, -0.05) is 81.3 Å². The highest BCUT2D eigenvalue weighted by molar-refractivity contribution is 6.02. The average molecular weight is 599 g/mol. The molecule has 6 rings (SSSR count). The number of hydrogen-bond donors (Lipinski definition) is 2. The van der Waals surface area contributed by atoms with Crippen molar-refractivity contribution in [2.45, 2.75) is 76.8 Å². The smallest absolute Gasteiger partial charge is 0.246 e. The second kappa shape index (κ2) is 12.5. The van der Waals surface area contributed by atoms with E-state index < -0.39 is 29.6 Å². The van der Waals surface area contributed by atoms with Gasteiger partial charge in [-0.15, -0.1) is 0 Å². The molecule has 2 bridgehead atoms. The van der Waals surface area contributed by atoms with Crippen LogP contribution in [0.4, 0.5) is 5.69 Å². The number of benzene rings is 2. The number of nitrogens with zero attached hydrogens (tertiary/aromatic N) is 2. The second-order valence-corrected chi connectivity index (χ2v) is 13.6. The summed E-state index contributed by atoms with van der Waals surface area (Å²) in [5, 5.41) is 6.37. The van der Waals surface area contributed by atoms with E-state index in [0.29, 0.717) is 30.5 Å². The molecular weight excluding hydrogens is 552 g/mol. The molecule has 1 aliphatic carbocycles. The first-order valence-electron chi connectivity index (χ1n) is 16.3. The Balaban J connectivity index is 1.23. The van der Waals surface area contributed by atoms with E-state index in [2.05, 4.69) is 48.6 Å². The Labute approximate surface area is 261 Å². The normalized spacial score (nSPS) is 32.2. The van der Waals surface area contributed by atoms with Crippen molar-refractivity contribution in [2.24, 2.45) is 23.7 Å². The Kier molecular flexibility index (Phi) is 8.66. The van der Waals surface area contributed by atoms with Crippen molar-refractivity contribution in [3.63, 3.8) is 0 Å². The highest BCUT2D eigenvalue weighted by atomic mass is 16.5. The number of aryl methyl sites for hydroxylation is 1. The lowest BCUT2D eigenvalue weighted by Crippen LogP contribution is -2.58. The molecule has 8 nitrogen and oxygen atoms in total. The fourth-order valence-electron chi connectivity index (χ4n) is 7.99. The summed E-state index contributed by atoms with van der Waals surface area (Å²) in [5.41, 5.74) is 1.80. The van der Waals surface area contributed by atoms with Gasteiger partial charge < -0.3 is 25.2 Å². The molecule has 2 saturated heterocycles. The quantitative estimate of drug-likeness (QED) is 0.392. The van der Waals surface area contributed by atoms with Gasteiger partial charge in [0.25, 0.3) is 0 Å². The van der Waals surface area contributed by atoms with E-state index in [0.717, 1.165) is 37.9 Å². The Morgan fingerprint density at radius 3 is 2.64 bits per heavy atom. The van der Waals surface area contributed by atoms with Crippen LogP contribution < -0.4 is 10.6 Å². The summed E-state index contributed by atoms with van der Waals surface area (Å²) in [5.74, 6) is -1.17. The molecule has 3 heterocycles. The van der Waals surface area contributed by atoms with E-state index in [1.807, 2.05) is 61.5 Å². The minimum Gasteiger partial charge on any atom is -0.359 e. The van der Waals surface area contributed by atoms with Crippen molar-refractivity contribution in [2.75, 3.05) is 25.5 Å². The highest BCUT2D eigenvalue weighted by Crippen LogP contribution is 2.55. The molecule has 2 N–H and O–H groups in total. The van der Waals surface area contributed by atoms with Crippen molar-refractivity contribution in [3.05, 3.63) is 77.9 Å². The summed E-state index contributed by atoms with van der Waals surface area (Å²) in [7, 11) is 2.07. The third-order valence-electron chi connectivity index (χ3n) is 10.5. The van der Waals surface area contributed by atoms with Gasteiger partial charge in [0.15, 0.2) is 0 Å². The molecule has 1 saturated carbocycles. The van der Waals surface area contributed by atoms with Crippen LogP contribution in [0.1, 0.15) is 50.7 Å². The zero-order valence-corrected chi connectivity index (χ0v) is 26.4. The van der Waals surface area contributed by atoms with Crippen LogP contribution >= 0.6 is 0 Å². The summed E-state index contributed by atoms with van der Waals surface area (Å²) < 4.78 is 6.55. The summed E-state index contributed by atoms with van der Waals surface area (Å²) in [6.45, 7) is 8.41. The molecule has 8 unspecified atom stereocenters. The molecule has 0 radical (unpaired) electrons. The molecule has 234 valence electrons. The molecular formula is C36H46N4O4. The predicted molar refractivity (Wildman–Crippen MR) is 171 cm³/mol. The second-order valence-electron chi connectivity index (χ2n) is 13.6. The average Bonchev–Trinajstić information content (AvgIpc) is 3.63. The Bertz CT molecular complexity index is 1410. The topological polar surface area (TPSA) is 91.0 Å². The van der Waals surface area contributed by atoms with E-state index in [1.54, 1.807) is 4.90 Å². The van der Waals surface area contributed by atoms with Crippen LogP contribution in [0.25, 0.3) is 0 Å². The maximum atomic E-state index is 14.3. The van der Waals surface area contributed by atoms with E-state index in [-0.39, 0.29) is 23.8 Å². The Morgan fingerprint density at radius 2 is 1.86 bits per heavy atom. The summed E-state index contributed by atoms with van der Waals surface area (Å²) in [6, 6.07) is 17.2. The van der Waals surface area contributed by atoms with Gasteiger partial charge in [0.2, 0.25) is 17.7 Å². The number of rotatable bonds is 10. The molecule has 2 aromatic carbocycles. The summed E-state index contributed by atoms with van der Waals surface area (Å²) in [4.78, 5) is 46.3. The van der Waals surface area contributed by atoms with Crippen LogP contribution in [0, 0.1) is 30.6 Å². The maximum Gasteiger partial charge on any atom is 0.246 e. The number of hydrogen-bond acceptors (Lipinski definition) is 5. The summed E-state index contributed by atoms with van der Waals surface area (Å²) >= 11 is 0. The monoisotopic (exact) mass is 598 g/mol. The largest absolute Gasteiger partial charge is 0.359 e. The van der Waals surface area contributed by atoms with Crippen molar-refractivity contribution in [1.82, 2.24) is 15.1 Å². The van der Waals surface area contributed by atoms with Crippen molar-refractivity contribution in [3.8, 4) is 0 Å². The van der Waals surface area contributed by atoms with Gasteiger partial charge in [0.1, 0.15) is 11.6 Å². The fraction of sp³-hybridized carbons (Fsp3) is 0.528. The number of ether oxygens (including phenoxy) is 1. The Hall–Kier alpha value is -3.49. The predicted octanol–water partition coefficient (Wildman–Crippen LogP) is 4.55. The number of carbonyl (C=O) groups is 3. The fourth-order valence-corrected chi connectivity index (χ4v) is 7.99. The zero-order valence-electron chi connectivity index (χ0n) is 26.4. The lowest BCUT2D eigenvalue weighted by Gasteiger charge is -2.38. The van der Waals surface area contributed by atoms with Crippen LogP contribution in [0.2, 0.25) is 0 Å². The molecule has 2 aromatic rings. The van der Waals surface area contributed by atoms with Crippen LogP contribution in [0.15, 0.2) is 66.7 Å². The Morgan fingerprint density at radius 1 is 1.07 bits per heavy atom. The van der Waals surface area contributed by atoms with Crippen molar-refractivity contribution < 1.29 is 19.1 Å². The van der Waals surface area contributed by atoms with Crippen LogP contribution in [-0.2, 0) is 25.7 Å². The molecule has 3 aliphatic heterocycles. The molecule has 1 spiro atoms. The molecule has 3 fully saturated rings. The standard InChI is InChI=1S/C36H46N4O4/c1-23-11-8-15-27(21-23)37-33(41)30-29-17-18-36(44-29)31(30)35(43)40(20-10-19-39(4)22-26-13-6-5-7-14-26)32(36)34(42)38-28-16-9-12-24(2)25(28)3/h5-8,11,13-15,17-18,21,24-25,28-32H,9-10,12,16,19-20,22H2,1-4H3,(H,37,41)(H,38,42). The van der Waals surface area contributed by atoms with E-state index in [1.165, 1.54) is 5.56 Å². The van der Waals surface area contributed by atoms with Gasteiger partial charge in [-0.25, -0.2) is 0 Å². The minimum absolute atomic E-state index is 0.0543. The van der Waals surface area contributed by atoms with Gasteiger partial charge in [-0.05, 0) is 68.5 Å². The van der Waals surface area contributed by atoms with E-state index in [4.69, 9.17) is 4.74 Å². The SMILES string of the molecule is Cc1cccc(NC(=O)C2C3C=CC4(O3)C2C(=O)N(CCCN(C)Cc2ccccc2)C4C(=O)NC2CCCC(C)C2C)c1. The van der Waals surface area contributed by atoms with Gasteiger partial charge in [-0.3, -0.25) is 14.4 Å². The summed E-state index contributed by atoms with van der Waals surface area (Å²) in [6.07, 6.45) is 7.10. The van der Waals surface area contributed by atoms with Crippen molar-refractivity contribution in [1.29, 1.82) is 0 Å². The number of carbonyl (C=O) groups excluding carboxylic acids is 3. The molecule has 8 heteroatoms. The third kappa shape index (κ3) is 5.70.